The molecule has 3 rings (SSSR count). The van der Waals surface area contributed by atoms with Crippen LogP contribution in [0, 0.1) is 5.41 Å². The molecule has 1 fully saturated rings. The van der Waals surface area contributed by atoms with Crippen molar-refractivity contribution in [2.24, 2.45) is 5.41 Å². The lowest BCUT2D eigenvalue weighted by atomic mass is 9.81. The van der Waals surface area contributed by atoms with Gasteiger partial charge in [-0.3, -0.25) is 4.79 Å². The van der Waals surface area contributed by atoms with E-state index in [4.69, 9.17) is 26.2 Å². The number of rotatable bonds is 3. The normalized spacial score (nSPS) is 19.2. The SMILES string of the molecule is CC(C)(CC(=O)O)c1cc(Cl)c2c(c1)OCC1(CC1)CO2. The van der Waals surface area contributed by atoms with Gasteiger partial charge in [-0.15, -0.1) is 0 Å². The van der Waals surface area contributed by atoms with Gasteiger partial charge in [-0.1, -0.05) is 25.4 Å². The Balaban J connectivity index is 1.94. The van der Waals surface area contributed by atoms with E-state index in [1.807, 2.05) is 19.9 Å². The van der Waals surface area contributed by atoms with E-state index < -0.39 is 11.4 Å². The molecular weight excluding hydrogens is 292 g/mol. The number of carbonyl (C=O) groups is 1. The zero-order valence-corrected chi connectivity index (χ0v) is 13.0. The van der Waals surface area contributed by atoms with Gasteiger partial charge in [0.1, 0.15) is 0 Å². The number of halogens is 1. The summed E-state index contributed by atoms with van der Waals surface area (Å²) >= 11 is 6.32. The Morgan fingerprint density at radius 2 is 2.00 bits per heavy atom. The quantitative estimate of drug-likeness (QED) is 0.926. The maximum absolute atomic E-state index is 11.0. The van der Waals surface area contributed by atoms with Gasteiger partial charge in [0.2, 0.25) is 0 Å². The van der Waals surface area contributed by atoms with E-state index in [2.05, 4.69) is 0 Å². The van der Waals surface area contributed by atoms with E-state index in [9.17, 15) is 4.79 Å². The smallest absolute Gasteiger partial charge is 0.304 e. The molecule has 0 radical (unpaired) electrons. The fraction of sp³-hybridized carbons (Fsp3) is 0.562. The molecule has 5 heteroatoms. The van der Waals surface area contributed by atoms with Crippen LogP contribution in [0.25, 0.3) is 0 Å². The van der Waals surface area contributed by atoms with Crippen molar-refractivity contribution in [1.82, 2.24) is 0 Å². The number of hydrogen-bond acceptors (Lipinski definition) is 3. The Labute approximate surface area is 129 Å². The molecule has 1 heterocycles. The van der Waals surface area contributed by atoms with Crippen LogP contribution in [0.1, 0.15) is 38.7 Å². The van der Waals surface area contributed by atoms with Crippen molar-refractivity contribution in [3.63, 3.8) is 0 Å². The summed E-state index contributed by atoms with van der Waals surface area (Å²) in [5.41, 5.74) is 0.486. The Morgan fingerprint density at radius 3 is 2.62 bits per heavy atom. The van der Waals surface area contributed by atoms with Gasteiger partial charge in [-0.05, 0) is 30.5 Å². The van der Waals surface area contributed by atoms with Crippen LogP contribution in [0.4, 0.5) is 0 Å². The first-order valence-electron chi connectivity index (χ1n) is 7.13. The molecule has 1 aromatic rings. The molecule has 4 nitrogen and oxygen atoms in total. The van der Waals surface area contributed by atoms with Gasteiger partial charge in [-0.2, -0.15) is 0 Å². The molecule has 114 valence electrons. The van der Waals surface area contributed by atoms with Crippen molar-refractivity contribution in [3.05, 3.63) is 22.7 Å². The van der Waals surface area contributed by atoms with Crippen LogP contribution < -0.4 is 9.47 Å². The first-order chi connectivity index (χ1) is 9.81. The standard InChI is InChI=1S/C16H19ClO4/c1-15(2,7-13(18)19)10-5-11(17)14-12(6-10)20-8-16(3-4-16)9-21-14/h5-6H,3-4,7-9H2,1-2H3,(H,18,19). The van der Waals surface area contributed by atoms with Gasteiger partial charge >= 0.3 is 5.97 Å². The zero-order chi connectivity index (χ0) is 15.3. The summed E-state index contributed by atoms with van der Waals surface area (Å²) in [6.07, 6.45) is 2.28. The Bertz CT molecular complexity index is 590. The van der Waals surface area contributed by atoms with Crippen LogP contribution >= 0.6 is 11.6 Å². The predicted molar refractivity (Wildman–Crippen MR) is 79.4 cm³/mol. The van der Waals surface area contributed by atoms with Crippen LogP contribution in [-0.2, 0) is 10.2 Å². The first-order valence-corrected chi connectivity index (χ1v) is 7.51. The second-order valence-corrected chi connectivity index (χ2v) is 7.22. The summed E-state index contributed by atoms with van der Waals surface area (Å²) < 4.78 is 11.7. The minimum atomic E-state index is -0.833. The van der Waals surface area contributed by atoms with Crippen molar-refractivity contribution in [1.29, 1.82) is 0 Å². The summed E-state index contributed by atoms with van der Waals surface area (Å²) in [5.74, 6) is 0.371. The number of ether oxygens (including phenoxy) is 2. The summed E-state index contributed by atoms with van der Waals surface area (Å²) in [6, 6.07) is 3.66. The van der Waals surface area contributed by atoms with Crippen LogP contribution in [0.3, 0.4) is 0 Å². The number of fused-ring (bicyclic) bond motifs is 1. The van der Waals surface area contributed by atoms with Gasteiger partial charge in [-0.25, -0.2) is 0 Å². The first kappa shape index (κ1) is 14.5. The van der Waals surface area contributed by atoms with Crippen LogP contribution in [0.2, 0.25) is 5.02 Å². The highest BCUT2D eigenvalue weighted by Crippen LogP contribution is 2.51. The monoisotopic (exact) mass is 310 g/mol. The second kappa shape index (κ2) is 4.80. The van der Waals surface area contributed by atoms with Crippen molar-refractivity contribution in [2.45, 2.75) is 38.5 Å². The molecule has 2 aliphatic rings. The lowest BCUT2D eigenvalue weighted by Crippen LogP contribution is -2.21. The van der Waals surface area contributed by atoms with Gasteiger partial charge < -0.3 is 14.6 Å². The fourth-order valence-corrected chi connectivity index (χ4v) is 2.91. The highest BCUT2D eigenvalue weighted by atomic mass is 35.5. The molecule has 0 amide bonds. The van der Waals surface area contributed by atoms with Gasteiger partial charge in [0, 0.05) is 10.8 Å². The molecule has 1 aliphatic heterocycles. The maximum Gasteiger partial charge on any atom is 0.304 e. The van der Waals surface area contributed by atoms with Crippen molar-refractivity contribution in [2.75, 3.05) is 13.2 Å². The Kier molecular flexibility index (Phi) is 3.32. The minimum absolute atomic E-state index is 0.0346. The van der Waals surface area contributed by atoms with Crippen LogP contribution in [0.5, 0.6) is 11.5 Å². The molecule has 0 atom stereocenters. The third-order valence-electron chi connectivity index (χ3n) is 4.40. The van der Waals surface area contributed by atoms with E-state index in [1.54, 1.807) is 6.07 Å². The molecule has 1 aromatic carbocycles. The maximum atomic E-state index is 11.0. The molecule has 1 N–H and O–H groups in total. The topological polar surface area (TPSA) is 55.8 Å². The molecule has 0 bridgehead atoms. The summed E-state index contributed by atoms with van der Waals surface area (Å²) in [4.78, 5) is 11.0. The number of benzene rings is 1. The zero-order valence-electron chi connectivity index (χ0n) is 12.2. The third kappa shape index (κ3) is 2.82. The molecule has 1 aliphatic carbocycles. The number of hydrogen-bond donors (Lipinski definition) is 1. The molecule has 21 heavy (non-hydrogen) atoms. The van der Waals surface area contributed by atoms with Crippen molar-refractivity contribution < 1.29 is 19.4 Å². The summed E-state index contributed by atoms with van der Waals surface area (Å²) in [5, 5.41) is 9.54. The van der Waals surface area contributed by atoms with Gasteiger partial charge in [0.15, 0.2) is 11.5 Å². The van der Waals surface area contributed by atoms with Crippen molar-refractivity contribution >= 4 is 17.6 Å². The molecular formula is C16H19ClO4. The molecule has 1 saturated carbocycles. The number of carboxylic acid groups (broad SMARTS) is 1. The largest absolute Gasteiger partial charge is 0.489 e. The summed E-state index contributed by atoms with van der Waals surface area (Å²) in [7, 11) is 0. The summed E-state index contributed by atoms with van der Waals surface area (Å²) in [6.45, 7) is 5.05. The highest BCUT2D eigenvalue weighted by molar-refractivity contribution is 6.32. The molecule has 0 aromatic heterocycles. The minimum Gasteiger partial charge on any atom is -0.489 e. The Morgan fingerprint density at radius 1 is 1.33 bits per heavy atom. The molecule has 1 spiro atoms. The lowest BCUT2D eigenvalue weighted by molar-refractivity contribution is -0.138. The third-order valence-corrected chi connectivity index (χ3v) is 4.68. The predicted octanol–water partition coefficient (Wildman–Crippen LogP) is 3.64. The van der Waals surface area contributed by atoms with E-state index >= 15 is 0 Å². The van der Waals surface area contributed by atoms with E-state index in [-0.39, 0.29) is 11.8 Å². The van der Waals surface area contributed by atoms with Gasteiger partial charge in [0.05, 0.1) is 24.7 Å². The molecule has 0 unspecified atom stereocenters. The lowest BCUT2D eigenvalue weighted by Gasteiger charge is -2.24. The van der Waals surface area contributed by atoms with Crippen molar-refractivity contribution in [3.8, 4) is 11.5 Å². The van der Waals surface area contributed by atoms with E-state index in [0.29, 0.717) is 29.7 Å². The average molecular weight is 311 g/mol. The van der Waals surface area contributed by atoms with E-state index in [0.717, 1.165) is 18.4 Å². The average Bonchev–Trinajstić information content (AvgIpc) is 3.16. The van der Waals surface area contributed by atoms with Gasteiger partial charge in [0.25, 0.3) is 0 Å². The second-order valence-electron chi connectivity index (χ2n) is 6.82. The van der Waals surface area contributed by atoms with E-state index in [1.165, 1.54) is 0 Å². The highest BCUT2D eigenvalue weighted by Gasteiger charge is 2.46. The molecule has 0 saturated heterocycles. The number of aliphatic carboxylic acids is 1. The van der Waals surface area contributed by atoms with Crippen LogP contribution in [-0.4, -0.2) is 24.3 Å². The fourth-order valence-electron chi connectivity index (χ4n) is 2.65. The van der Waals surface area contributed by atoms with Crippen LogP contribution in [0.15, 0.2) is 12.1 Å². The Hall–Kier alpha value is -1.42. The number of carboxylic acids is 1.